The first-order valence-electron chi connectivity index (χ1n) is 6.84. The lowest BCUT2D eigenvalue weighted by molar-refractivity contribution is 0.0322. The lowest BCUT2D eigenvalue weighted by atomic mass is 10.1. The van der Waals surface area contributed by atoms with Crippen LogP contribution in [-0.4, -0.2) is 49.5 Å². The standard InChI is InChI=1S/C15H23NO3/c1-12-9-14(11-17)10-13(2)15(12)19-8-5-16-3-6-18-7-4-16/h9-10,17H,3-8,11H2,1-2H3. The number of morpholine rings is 1. The Morgan fingerprint density at radius 3 is 2.42 bits per heavy atom. The molecule has 0 aromatic heterocycles. The molecule has 0 spiro atoms. The number of hydrogen-bond donors (Lipinski definition) is 1. The van der Waals surface area contributed by atoms with E-state index >= 15 is 0 Å². The highest BCUT2D eigenvalue weighted by Gasteiger charge is 2.11. The number of aliphatic hydroxyl groups is 1. The first kappa shape index (κ1) is 14.3. The lowest BCUT2D eigenvalue weighted by Gasteiger charge is -2.26. The van der Waals surface area contributed by atoms with Gasteiger partial charge in [-0.2, -0.15) is 0 Å². The third-order valence-electron chi connectivity index (χ3n) is 3.46. The van der Waals surface area contributed by atoms with Crippen molar-refractivity contribution in [1.82, 2.24) is 4.90 Å². The van der Waals surface area contributed by atoms with Gasteiger partial charge in [0.25, 0.3) is 0 Å². The van der Waals surface area contributed by atoms with Crippen molar-refractivity contribution in [2.24, 2.45) is 0 Å². The SMILES string of the molecule is Cc1cc(CO)cc(C)c1OCCN1CCOCC1. The Kier molecular flexibility index (Phi) is 5.19. The minimum Gasteiger partial charge on any atom is -0.492 e. The Hall–Kier alpha value is -1.10. The van der Waals surface area contributed by atoms with Crippen LogP contribution < -0.4 is 4.74 Å². The second-order valence-corrected chi connectivity index (χ2v) is 5.02. The Bertz CT molecular complexity index is 391. The normalized spacial score (nSPS) is 16.6. The zero-order valence-corrected chi connectivity index (χ0v) is 11.8. The molecule has 1 aromatic rings. The molecular weight excluding hydrogens is 242 g/mol. The number of benzene rings is 1. The average Bonchev–Trinajstić information content (AvgIpc) is 2.42. The predicted molar refractivity (Wildman–Crippen MR) is 74.6 cm³/mol. The molecule has 0 saturated carbocycles. The summed E-state index contributed by atoms with van der Waals surface area (Å²) >= 11 is 0. The van der Waals surface area contributed by atoms with Crippen molar-refractivity contribution in [3.8, 4) is 5.75 Å². The summed E-state index contributed by atoms with van der Waals surface area (Å²) in [5.74, 6) is 0.949. The molecule has 1 saturated heterocycles. The van der Waals surface area contributed by atoms with Gasteiger partial charge in [0.15, 0.2) is 0 Å². The first-order valence-corrected chi connectivity index (χ1v) is 6.84. The van der Waals surface area contributed by atoms with Crippen LogP contribution in [0.15, 0.2) is 12.1 Å². The Morgan fingerprint density at radius 1 is 1.21 bits per heavy atom. The molecule has 0 atom stereocenters. The van der Waals surface area contributed by atoms with Crippen molar-refractivity contribution < 1.29 is 14.6 Å². The fourth-order valence-corrected chi connectivity index (χ4v) is 2.46. The monoisotopic (exact) mass is 265 g/mol. The van der Waals surface area contributed by atoms with Crippen LogP contribution >= 0.6 is 0 Å². The molecule has 4 heteroatoms. The summed E-state index contributed by atoms with van der Waals surface area (Å²) in [7, 11) is 0. The molecule has 1 aliphatic heterocycles. The molecule has 19 heavy (non-hydrogen) atoms. The molecule has 0 aliphatic carbocycles. The van der Waals surface area contributed by atoms with E-state index in [4.69, 9.17) is 14.6 Å². The van der Waals surface area contributed by atoms with Crippen LogP contribution in [0, 0.1) is 13.8 Å². The number of ether oxygens (including phenoxy) is 2. The summed E-state index contributed by atoms with van der Waals surface area (Å²) in [5.41, 5.74) is 3.12. The minimum atomic E-state index is 0.0791. The number of aliphatic hydroxyl groups excluding tert-OH is 1. The van der Waals surface area contributed by atoms with E-state index in [-0.39, 0.29) is 6.61 Å². The quantitative estimate of drug-likeness (QED) is 0.876. The van der Waals surface area contributed by atoms with Gasteiger partial charge in [0.05, 0.1) is 19.8 Å². The van der Waals surface area contributed by atoms with Crippen LogP contribution in [0.4, 0.5) is 0 Å². The first-order chi connectivity index (χ1) is 9.20. The van der Waals surface area contributed by atoms with Crippen LogP contribution in [0.25, 0.3) is 0 Å². The Balaban J connectivity index is 1.88. The highest BCUT2D eigenvalue weighted by atomic mass is 16.5. The smallest absolute Gasteiger partial charge is 0.125 e. The molecular formula is C15H23NO3. The fraction of sp³-hybridized carbons (Fsp3) is 0.600. The number of nitrogens with zero attached hydrogens (tertiary/aromatic N) is 1. The molecule has 1 fully saturated rings. The highest BCUT2D eigenvalue weighted by Crippen LogP contribution is 2.24. The van der Waals surface area contributed by atoms with Crippen LogP contribution in [0.3, 0.4) is 0 Å². The van der Waals surface area contributed by atoms with E-state index in [2.05, 4.69) is 4.90 Å². The van der Waals surface area contributed by atoms with Crippen molar-refractivity contribution in [1.29, 1.82) is 0 Å². The predicted octanol–water partition coefficient (Wildman–Crippen LogP) is 1.51. The highest BCUT2D eigenvalue weighted by molar-refractivity contribution is 5.43. The van der Waals surface area contributed by atoms with E-state index in [1.165, 1.54) is 0 Å². The number of aryl methyl sites for hydroxylation is 2. The average molecular weight is 265 g/mol. The molecule has 1 heterocycles. The molecule has 106 valence electrons. The molecule has 0 bridgehead atoms. The van der Waals surface area contributed by atoms with Crippen molar-refractivity contribution in [2.45, 2.75) is 20.5 Å². The largest absolute Gasteiger partial charge is 0.492 e. The van der Waals surface area contributed by atoms with Gasteiger partial charge in [-0.05, 0) is 30.5 Å². The van der Waals surface area contributed by atoms with Crippen LogP contribution in [0.5, 0.6) is 5.75 Å². The van der Waals surface area contributed by atoms with E-state index in [1.54, 1.807) is 0 Å². The number of rotatable bonds is 5. The van der Waals surface area contributed by atoms with Gasteiger partial charge in [0, 0.05) is 19.6 Å². The van der Waals surface area contributed by atoms with Gasteiger partial charge in [-0.15, -0.1) is 0 Å². The van der Waals surface area contributed by atoms with Crippen molar-refractivity contribution in [3.63, 3.8) is 0 Å². The van der Waals surface area contributed by atoms with Crippen LogP contribution in [-0.2, 0) is 11.3 Å². The third-order valence-corrected chi connectivity index (χ3v) is 3.46. The molecule has 0 radical (unpaired) electrons. The summed E-state index contributed by atoms with van der Waals surface area (Å²) in [4.78, 5) is 2.36. The minimum absolute atomic E-state index is 0.0791. The van der Waals surface area contributed by atoms with E-state index < -0.39 is 0 Å². The van der Waals surface area contributed by atoms with Gasteiger partial charge in [0.1, 0.15) is 12.4 Å². The Labute approximate surface area is 114 Å². The summed E-state index contributed by atoms with van der Waals surface area (Å²) in [5, 5.41) is 9.16. The maximum atomic E-state index is 9.16. The second-order valence-electron chi connectivity index (χ2n) is 5.02. The van der Waals surface area contributed by atoms with Gasteiger partial charge in [-0.25, -0.2) is 0 Å². The summed E-state index contributed by atoms with van der Waals surface area (Å²) in [6.07, 6.45) is 0. The molecule has 1 aromatic carbocycles. The maximum absolute atomic E-state index is 9.16. The Morgan fingerprint density at radius 2 is 1.84 bits per heavy atom. The van der Waals surface area contributed by atoms with Crippen molar-refractivity contribution in [2.75, 3.05) is 39.5 Å². The third kappa shape index (κ3) is 3.93. The van der Waals surface area contributed by atoms with E-state index in [9.17, 15) is 0 Å². The molecule has 0 amide bonds. The van der Waals surface area contributed by atoms with Gasteiger partial charge < -0.3 is 14.6 Å². The van der Waals surface area contributed by atoms with Crippen molar-refractivity contribution >= 4 is 0 Å². The molecule has 0 unspecified atom stereocenters. The summed E-state index contributed by atoms with van der Waals surface area (Å²) in [6.45, 7) is 9.38. The zero-order valence-electron chi connectivity index (χ0n) is 11.8. The summed E-state index contributed by atoms with van der Waals surface area (Å²) < 4.78 is 11.2. The lowest BCUT2D eigenvalue weighted by Crippen LogP contribution is -2.38. The van der Waals surface area contributed by atoms with Gasteiger partial charge in [0.2, 0.25) is 0 Å². The topological polar surface area (TPSA) is 41.9 Å². The number of hydrogen-bond acceptors (Lipinski definition) is 4. The van der Waals surface area contributed by atoms with Crippen molar-refractivity contribution in [3.05, 3.63) is 28.8 Å². The second kappa shape index (κ2) is 6.89. The molecule has 1 aliphatic rings. The zero-order chi connectivity index (χ0) is 13.7. The summed E-state index contributed by atoms with van der Waals surface area (Å²) in [6, 6.07) is 3.97. The van der Waals surface area contributed by atoms with E-state index in [0.29, 0.717) is 6.61 Å². The van der Waals surface area contributed by atoms with E-state index in [0.717, 1.165) is 55.3 Å². The fourth-order valence-electron chi connectivity index (χ4n) is 2.46. The molecule has 4 nitrogen and oxygen atoms in total. The van der Waals surface area contributed by atoms with Gasteiger partial charge in [-0.3, -0.25) is 4.90 Å². The van der Waals surface area contributed by atoms with Gasteiger partial charge >= 0.3 is 0 Å². The van der Waals surface area contributed by atoms with Crippen LogP contribution in [0.1, 0.15) is 16.7 Å². The molecule has 1 N–H and O–H groups in total. The van der Waals surface area contributed by atoms with Crippen LogP contribution in [0.2, 0.25) is 0 Å². The van der Waals surface area contributed by atoms with Gasteiger partial charge in [-0.1, -0.05) is 12.1 Å². The van der Waals surface area contributed by atoms with E-state index in [1.807, 2.05) is 26.0 Å². The maximum Gasteiger partial charge on any atom is 0.125 e. The molecule has 2 rings (SSSR count).